The average Bonchev–Trinajstić information content (AvgIpc) is 2.39. The van der Waals surface area contributed by atoms with Gasteiger partial charge >= 0.3 is 5.97 Å². The number of methoxy groups -OCH3 is 1. The molecule has 1 rings (SSSR count). The van der Waals surface area contributed by atoms with Crippen LogP contribution >= 0.6 is 0 Å². The zero-order valence-corrected chi connectivity index (χ0v) is 10.5. The van der Waals surface area contributed by atoms with Gasteiger partial charge < -0.3 is 9.84 Å². The van der Waals surface area contributed by atoms with E-state index in [0.717, 1.165) is 0 Å². The summed E-state index contributed by atoms with van der Waals surface area (Å²) in [6.07, 6.45) is 0.331. The summed E-state index contributed by atoms with van der Waals surface area (Å²) >= 11 is 0. The zero-order chi connectivity index (χ0) is 14.1. The minimum atomic E-state index is -0.915. The van der Waals surface area contributed by atoms with E-state index in [0.29, 0.717) is 29.8 Å². The van der Waals surface area contributed by atoms with Gasteiger partial charge in [0.25, 0.3) is 0 Å². The molecule has 0 heterocycles. The SMILES string of the molecule is COc1ccc(CC(=O)O)c(C#CCCN=[N+]=[N-])c1. The predicted molar refractivity (Wildman–Crippen MR) is 69.8 cm³/mol. The molecular weight excluding hydrogens is 246 g/mol. The van der Waals surface area contributed by atoms with Crippen molar-refractivity contribution in [3.05, 3.63) is 39.8 Å². The van der Waals surface area contributed by atoms with E-state index in [1.165, 1.54) is 7.11 Å². The van der Waals surface area contributed by atoms with Gasteiger partial charge in [0.05, 0.1) is 13.5 Å². The van der Waals surface area contributed by atoms with Crippen LogP contribution in [-0.2, 0) is 11.2 Å². The van der Waals surface area contributed by atoms with E-state index >= 15 is 0 Å². The lowest BCUT2D eigenvalue weighted by Crippen LogP contribution is -2.02. The highest BCUT2D eigenvalue weighted by atomic mass is 16.5. The maximum Gasteiger partial charge on any atom is 0.307 e. The first-order valence-electron chi connectivity index (χ1n) is 5.56. The smallest absolute Gasteiger partial charge is 0.307 e. The van der Waals surface area contributed by atoms with Gasteiger partial charge in [-0.1, -0.05) is 23.0 Å². The fourth-order valence-corrected chi connectivity index (χ4v) is 1.42. The Morgan fingerprint density at radius 1 is 1.58 bits per heavy atom. The summed E-state index contributed by atoms with van der Waals surface area (Å²) in [5.41, 5.74) is 9.37. The lowest BCUT2D eigenvalue weighted by atomic mass is 10.0. The van der Waals surface area contributed by atoms with Gasteiger partial charge in [0.1, 0.15) is 5.75 Å². The second-order valence-electron chi connectivity index (χ2n) is 3.60. The van der Waals surface area contributed by atoms with Crippen molar-refractivity contribution in [2.45, 2.75) is 12.8 Å². The summed E-state index contributed by atoms with van der Waals surface area (Å²) in [5, 5.41) is 12.2. The summed E-state index contributed by atoms with van der Waals surface area (Å²) < 4.78 is 5.08. The van der Waals surface area contributed by atoms with Crippen molar-refractivity contribution in [3.63, 3.8) is 0 Å². The van der Waals surface area contributed by atoms with Gasteiger partial charge in [-0.25, -0.2) is 0 Å². The van der Waals surface area contributed by atoms with E-state index in [2.05, 4.69) is 21.9 Å². The fourth-order valence-electron chi connectivity index (χ4n) is 1.42. The topological polar surface area (TPSA) is 95.3 Å². The summed E-state index contributed by atoms with van der Waals surface area (Å²) in [4.78, 5) is 13.4. The molecule has 6 nitrogen and oxygen atoms in total. The monoisotopic (exact) mass is 259 g/mol. The second-order valence-corrected chi connectivity index (χ2v) is 3.60. The molecule has 0 aliphatic carbocycles. The normalized spacial score (nSPS) is 8.89. The quantitative estimate of drug-likeness (QED) is 0.289. The number of nitrogens with zero attached hydrogens (tertiary/aromatic N) is 3. The molecule has 0 saturated carbocycles. The third kappa shape index (κ3) is 5.02. The molecule has 0 fully saturated rings. The molecule has 1 aromatic carbocycles. The Hall–Kier alpha value is -2.64. The first-order chi connectivity index (χ1) is 9.17. The van der Waals surface area contributed by atoms with Crippen LogP contribution in [0.3, 0.4) is 0 Å². The molecule has 0 bridgehead atoms. The molecule has 0 unspecified atom stereocenters. The average molecular weight is 259 g/mol. The van der Waals surface area contributed by atoms with Crippen molar-refractivity contribution in [2.24, 2.45) is 5.11 Å². The Bertz CT molecular complexity index is 566. The minimum Gasteiger partial charge on any atom is -0.497 e. The van der Waals surface area contributed by atoms with Crippen LogP contribution in [0.2, 0.25) is 0 Å². The van der Waals surface area contributed by atoms with Crippen LogP contribution in [0.25, 0.3) is 10.4 Å². The molecule has 0 amide bonds. The number of carboxylic acids is 1. The predicted octanol–water partition coefficient (Wildman–Crippen LogP) is 2.37. The van der Waals surface area contributed by atoms with Gasteiger partial charge in [-0.2, -0.15) is 0 Å². The van der Waals surface area contributed by atoms with Crippen molar-refractivity contribution < 1.29 is 14.6 Å². The van der Waals surface area contributed by atoms with Gasteiger partial charge in [0.15, 0.2) is 0 Å². The van der Waals surface area contributed by atoms with Crippen LogP contribution in [0.1, 0.15) is 17.5 Å². The maximum atomic E-state index is 10.8. The van der Waals surface area contributed by atoms with E-state index in [9.17, 15) is 4.79 Å². The Morgan fingerprint density at radius 2 is 2.37 bits per heavy atom. The first-order valence-corrected chi connectivity index (χ1v) is 5.56. The standard InChI is InChI=1S/C13H13N3O3/c1-19-12-6-5-11(9-13(17)18)10(8-12)4-2-3-7-15-16-14/h5-6,8H,3,7,9H2,1H3,(H,17,18). The maximum absolute atomic E-state index is 10.8. The number of benzene rings is 1. The third-order valence-electron chi connectivity index (χ3n) is 2.28. The Kier molecular flexibility index (Phi) is 5.80. The molecular formula is C13H13N3O3. The van der Waals surface area contributed by atoms with Crippen LogP contribution in [0.4, 0.5) is 0 Å². The largest absolute Gasteiger partial charge is 0.497 e. The molecule has 1 aromatic rings. The highest BCUT2D eigenvalue weighted by molar-refractivity contribution is 5.71. The van der Waals surface area contributed by atoms with E-state index in [4.69, 9.17) is 15.4 Å². The van der Waals surface area contributed by atoms with E-state index in [-0.39, 0.29) is 6.42 Å². The van der Waals surface area contributed by atoms with Crippen molar-refractivity contribution in [3.8, 4) is 17.6 Å². The van der Waals surface area contributed by atoms with Crippen molar-refractivity contribution in [2.75, 3.05) is 13.7 Å². The van der Waals surface area contributed by atoms with Crippen molar-refractivity contribution in [1.29, 1.82) is 0 Å². The number of azide groups is 1. The molecule has 1 N–H and O–H groups in total. The lowest BCUT2D eigenvalue weighted by molar-refractivity contribution is -0.136. The van der Waals surface area contributed by atoms with E-state index < -0.39 is 5.97 Å². The van der Waals surface area contributed by atoms with Gasteiger partial charge in [-0.15, -0.1) is 0 Å². The molecule has 0 aliphatic rings. The van der Waals surface area contributed by atoms with Gasteiger partial charge in [0.2, 0.25) is 0 Å². The van der Waals surface area contributed by atoms with Crippen LogP contribution in [0, 0.1) is 11.8 Å². The number of hydrogen-bond donors (Lipinski definition) is 1. The molecule has 6 heteroatoms. The zero-order valence-electron chi connectivity index (χ0n) is 10.5. The van der Waals surface area contributed by atoms with Gasteiger partial charge in [-0.3, -0.25) is 4.79 Å². The van der Waals surface area contributed by atoms with Crippen LogP contribution < -0.4 is 4.74 Å². The second kappa shape index (κ2) is 7.64. The minimum absolute atomic E-state index is 0.0929. The molecule has 0 aromatic heterocycles. The summed E-state index contributed by atoms with van der Waals surface area (Å²) in [7, 11) is 1.53. The van der Waals surface area contributed by atoms with Crippen molar-refractivity contribution in [1.82, 2.24) is 0 Å². The van der Waals surface area contributed by atoms with Crippen LogP contribution in [0.5, 0.6) is 5.75 Å². The molecule has 19 heavy (non-hydrogen) atoms. The summed E-state index contributed by atoms with van der Waals surface area (Å²) in [6.45, 7) is 0.293. The highest BCUT2D eigenvalue weighted by Gasteiger charge is 2.06. The number of carbonyl (C=O) groups is 1. The summed E-state index contributed by atoms with van der Waals surface area (Å²) in [6, 6.07) is 5.08. The third-order valence-corrected chi connectivity index (χ3v) is 2.28. The number of aliphatic carboxylic acids is 1. The Morgan fingerprint density at radius 3 is 3.00 bits per heavy atom. The molecule has 0 saturated heterocycles. The highest BCUT2D eigenvalue weighted by Crippen LogP contribution is 2.17. The molecule has 0 radical (unpaired) electrons. The molecule has 98 valence electrons. The number of hydrogen-bond acceptors (Lipinski definition) is 3. The van der Waals surface area contributed by atoms with Crippen molar-refractivity contribution >= 4 is 5.97 Å². The van der Waals surface area contributed by atoms with Crippen LogP contribution in [-0.4, -0.2) is 24.7 Å². The molecule has 0 atom stereocenters. The number of carboxylic acid groups (broad SMARTS) is 1. The Labute approximate surface area is 110 Å². The fraction of sp³-hybridized carbons (Fsp3) is 0.308. The van der Waals surface area contributed by atoms with E-state index in [1.807, 2.05) is 0 Å². The Balaban J connectivity index is 2.93. The van der Waals surface area contributed by atoms with Crippen LogP contribution in [0.15, 0.2) is 23.3 Å². The number of ether oxygens (including phenoxy) is 1. The first kappa shape index (κ1) is 14.4. The van der Waals surface area contributed by atoms with E-state index in [1.54, 1.807) is 18.2 Å². The molecule has 0 spiro atoms. The molecule has 0 aliphatic heterocycles. The number of rotatable bonds is 5. The van der Waals surface area contributed by atoms with Gasteiger partial charge in [-0.05, 0) is 23.2 Å². The summed E-state index contributed by atoms with van der Waals surface area (Å²) in [5.74, 6) is 5.42. The lowest BCUT2D eigenvalue weighted by Gasteiger charge is -2.05. The van der Waals surface area contributed by atoms with Gasteiger partial charge in [0, 0.05) is 23.4 Å².